The van der Waals surface area contributed by atoms with Crippen molar-refractivity contribution in [3.63, 3.8) is 0 Å². The number of nitrogens with one attached hydrogen (secondary N) is 1. The number of hydrogen-bond acceptors (Lipinski definition) is 2. The molecule has 3 atom stereocenters. The third-order valence-corrected chi connectivity index (χ3v) is 4.48. The van der Waals surface area contributed by atoms with Gasteiger partial charge in [-0.3, -0.25) is 0 Å². The molecule has 1 aliphatic rings. The molecule has 20 heavy (non-hydrogen) atoms. The first-order chi connectivity index (χ1) is 9.65. The molecule has 2 aromatic carbocycles. The number of benzene rings is 2. The topological polar surface area (TPSA) is 32.3 Å². The Morgan fingerprint density at radius 2 is 2.00 bits per heavy atom. The second kappa shape index (κ2) is 5.68. The van der Waals surface area contributed by atoms with Gasteiger partial charge in [-0.05, 0) is 35.7 Å². The summed E-state index contributed by atoms with van der Waals surface area (Å²) in [6.45, 7) is 2.13. The van der Waals surface area contributed by atoms with Gasteiger partial charge in [0, 0.05) is 16.9 Å². The van der Waals surface area contributed by atoms with Gasteiger partial charge in [0.2, 0.25) is 0 Å². The van der Waals surface area contributed by atoms with E-state index in [1.807, 2.05) is 24.3 Å². The van der Waals surface area contributed by atoms with Gasteiger partial charge >= 0.3 is 0 Å². The predicted octanol–water partition coefficient (Wildman–Crippen LogP) is 3.76. The Kier molecular flexibility index (Phi) is 3.92. The van der Waals surface area contributed by atoms with Crippen LogP contribution in [0.15, 0.2) is 53.0 Å². The highest BCUT2D eigenvalue weighted by Crippen LogP contribution is 2.33. The molecule has 3 rings (SSSR count). The SMILES string of the molecule is CC(NC1c2ccccc2CC1O)c1cccc(Br)c1. The number of rotatable bonds is 3. The van der Waals surface area contributed by atoms with Gasteiger partial charge in [-0.2, -0.15) is 0 Å². The van der Waals surface area contributed by atoms with E-state index in [9.17, 15) is 5.11 Å². The molecule has 1 aliphatic carbocycles. The molecule has 2 nitrogen and oxygen atoms in total. The average Bonchev–Trinajstić information content (AvgIpc) is 2.75. The van der Waals surface area contributed by atoms with Crippen LogP contribution in [0.1, 0.15) is 35.7 Å². The summed E-state index contributed by atoms with van der Waals surface area (Å²) in [7, 11) is 0. The molecule has 3 heteroatoms. The largest absolute Gasteiger partial charge is 0.391 e. The lowest BCUT2D eigenvalue weighted by Gasteiger charge is -2.23. The Morgan fingerprint density at radius 3 is 2.80 bits per heavy atom. The smallest absolute Gasteiger partial charge is 0.0775 e. The molecule has 2 aromatic rings. The second-order valence-electron chi connectivity index (χ2n) is 5.39. The molecule has 0 saturated carbocycles. The molecule has 0 fully saturated rings. The minimum atomic E-state index is -0.345. The summed E-state index contributed by atoms with van der Waals surface area (Å²) >= 11 is 3.50. The summed E-state index contributed by atoms with van der Waals surface area (Å²) in [6.07, 6.45) is 0.390. The van der Waals surface area contributed by atoms with E-state index in [4.69, 9.17) is 0 Å². The molecule has 0 radical (unpaired) electrons. The third-order valence-electron chi connectivity index (χ3n) is 3.98. The van der Waals surface area contributed by atoms with Crippen LogP contribution >= 0.6 is 15.9 Å². The van der Waals surface area contributed by atoms with Crippen LogP contribution in [0.4, 0.5) is 0 Å². The molecule has 2 N–H and O–H groups in total. The molecule has 0 aliphatic heterocycles. The highest BCUT2D eigenvalue weighted by Gasteiger charge is 2.31. The number of aliphatic hydroxyl groups is 1. The second-order valence-corrected chi connectivity index (χ2v) is 6.31. The van der Waals surface area contributed by atoms with E-state index in [0.29, 0.717) is 0 Å². The maximum absolute atomic E-state index is 10.3. The first-order valence-corrected chi connectivity index (χ1v) is 7.72. The van der Waals surface area contributed by atoms with Crippen molar-refractivity contribution in [1.82, 2.24) is 5.32 Å². The van der Waals surface area contributed by atoms with Gasteiger partial charge in [-0.25, -0.2) is 0 Å². The van der Waals surface area contributed by atoms with Crippen LogP contribution < -0.4 is 5.32 Å². The van der Waals surface area contributed by atoms with Crippen molar-refractivity contribution in [1.29, 1.82) is 0 Å². The van der Waals surface area contributed by atoms with Crippen molar-refractivity contribution in [2.24, 2.45) is 0 Å². The van der Waals surface area contributed by atoms with Crippen molar-refractivity contribution >= 4 is 15.9 Å². The zero-order valence-electron chi connectivity index (χ0n) is 11.4. The molecule has 0 aromatic heterocycles. The Balaban J connectivity index is 1.81. The zero-order valence-corrected chi connectivity index (χ0v) is 13.0. The Bertz CT molecular complexity index is 613. The molecule has 0 bridgehead atoms. The summed E-state index contributed by atoms with van der Waals surface area (Å²) < 4.78 is 1.08. The monoisotopic (exact) mass is 331 g/mol. The normalized spacial score (nSPS) is 22.6. The van der Waals surface area contributed by atoms with E-state index in [1.54, 1.807) is 0 Å². The van der Waals surface area contributed by atoms with Gasteiger partial charge in [0.05, 0.1) is 12.1 Å². The third kappa shape index (κ3) is 2.66. The van der Waals surface area contributed by atoms with Crippen LogP contribution in [0.25, 0.3) is 0 Å². The van der Waals surface area contributed by atoms with Gasteiger partial charge in [0.15, 0.2) is 0 Å². The Morgan fingerprint density at radius 1 is 1.20 bits per heavy atom. The van der Waals surface area contributed by atoms with E-state index in [1.165, 1.54) is 16.7 Å². The van der Waals surface area contributed by atoms with Crippen molar-refractivity contribution < 1.29 is 5.11 Å². The van der Waals surface area contributed by atoms with Gasteiger partial charge in [0.1, 0.15) is 0 Å². The van der Waals surface area contributed by atoms with Crippen molar-refractivity contribution in [2.75, 3.05) is 0 Å². The average molecular weight is 332 g/mol. The summed E-state index contributed by atoms with van der Waals surface area (Å²) in [5.74, 6) is 0. The molecule has 3 unspecified atom stereocenters. The van der Waals surface area contributed by atoms with Crippen LogP contribution in [0.3, 0.4) is 0 Å². The molecule has 0 spiro atoms. The number of halogens is 1. The summed E-state index contributed by atoms with van der Waals surface area (Å²) in [6, 6.07) is 16.8. The fourth-order valence-corrected chi connectivity index (χ4v) is 3.33. The molecule has 0 amide bonds. The van der Waals surface area contributed by atoms with Crippen LogP contribution in [0.2, 0.25) is 0 Å². The number of fused-ring (bicyclic) bond motifs is 1. The number of hydrogen-bond donors (Lipinski definition) is 2. The standard InChI is InChI=1S/C17H18BrNO/c1-11(12-6-4-7-14(18)9-12)19-17-15-8-3-2-5-13(15)10-16(17)20/h2-9,11,16-17,19-20H,10H2,1H3. The van der Waals surface area contributed by atoms with Crippen molar-refractivity contribution in [2.45, 2.75) is 31.5 Å². The number of aliphatic hydroxyl groups excluding tert-OH is 1. The molecular weight excluding hydrogens is 314 g/mol. The highest BCUT2D eigenvalue weighted by atomic mass is 79.9. The highest BCUT2D eigenvalue weighted by molar-refractivity contribution is 9.10. The lowest BCUT2D eigenvalue weighted by Crippen LogP contribution is -2.30. The maximum atomic E-state index is 10.3. The van der Waals surface area contributed by atoms with Gasteiger partial charge in [-0.1, -0.05) is 52.3 Å². The molecular formula is C17H18BrNO. The lowest BCUT2D eigenvalue weighted by molar-refractivity contribution is 0.136. The van der Waals surface area contributed by atoms with Gasteiger partial charge in [-0.15, -0.1) is 0 Å². The fourth-order valence-electron chi connectivity index (χ4n) is 2.92. The van der Waals surface area contributed by atoms with E-state index in [0.717, 1.165) is 10.9 Å². The quantitative estimate of drug-likeness (QED) is 0.897. The maximum Gasteiger partial charge on any atom is 0.0775 e. The van der Waals surface area contributed by atoms with Crippen LogP contribution in [0.5, 0.6) is 0 Å². The zero-order chi connectivity index (χ0) is 14.1. The lowest BCUT2D eigenvalue weighted by atomic mass is 10.0. The van der Waals surface area contributed by atoms with Crippen LogP contribution in [-0.4, -0.2) is 11.2 Å². The first kappa shape index (κ1) is 13.8. The molecule has 0 heterocycles. The van der Waals surface area contributed by atoms with Crippen molar-refractivity contribution in [3.05, 3.63) is 69.7 Å². The van der Waals surface area contributed by atoms with E-state index in [2.05, 4.69) is 52.4 Å². The predicted molar refractivity (Wildman–Crippen MR) is 84.6 cm³/mol. The first-order valence-electron chi connectivity index (χ1n) is 6.92. The minimum Gasteiger partial charge on any atom is -0.391 e. The van der Waals surface area contributed by atoms with E-state index in [-0.39, 0.29) is 18.2 Å². The Hall–Kier alpha value is -1.16. The van der Waals surface area contributed by atoms with Crippen LogP contribution in [-0.2, 0) is 6.42 Å². The summed E-state index contributed by atoms with van der Waals surface area (Å²) in [4.78, 5) is 0. The van der Waals surface area contributed by atoms with E-state index < -0.39 is 0 Å². The minimum absolute atomic E-state index is 0.0141. The van der Waals surface area contributed by atoms with Crippen molar-refractivity contribution in [3.8, 4) is 0 Å². The molecule has 104 valence electrons. The van der Waals surface area contributed by atoms with E-state index >= 15 is 0 Å². The Labute approximate surface area is 128 Å². The summed E-state index contributed by atoms with van der Waals surface area (Å²) in [5, 5.41) is 13.8. The van der Waals surface area contributed by atoms with Crippen LogP contribution in [0, 0.1) is 0 Å². The fraction of sp³-hybridized carbons (Fsp3) is 0.294. The van der Waals surface area contributed by atoms with Gasteiger partial charge < -0.3 is 10.4 Å². The van der Waals surface area contributed by atoms with Gasteiger partial charge in [0.25, 0.3) is 0 Å². The summed E-state index contributed by atoms with van der Waals surface area (Å²) in [5.41, 5.74) is 3.69. The molecule has 0 saturated heterocycles.